The fraction of sp³-hybridized carbons (Fsp3) is 0.400. The molecule has 0 spiro atoms. The van der Waals surface area contributed by atoms with Gasteiger partial charge in [-0.1, -0.05) is 6.42 Å². The zero-order valence-electron chi connectivity index (χ0n) is 16.0. The molecule has 0 saturated carbocycles. The van der Waals surface area contributed by atoms with Gasteiger partial charge in [-0.3, -0.25) is 0 Å². The first kappa shape index (κ1) is 19.4. The molecule has 152 valence electrons. The maximum Gasteiger partial charge on any atom is 0.225 e. The second-order valence-corrected chi connectivity index (χ2v) is 6.90. The number of halogens is 2. The second-order valence-electron chi connectivity index (χ2n) is 6.90. The normalized spacial score (nSPS) is 13.8. The van der Waals surface area contributed by atoms with Crippen molar-refractivity contribution in [2.24, 2.45) is 0 Å². The van der Waals surface area contributed by atoms with Gasteiger partial charge in [0.25, 0.3) is 0 Å². The van der Waals surface area contributed by atoms with Gasteiger partial charge < -0.3 is 9.47 Å². The number of nitrogens with zero attached hydrogens (tertiary/aromatic N) is 4. The van der Waals surface area contributed by atoms with E-state index in [4.69, 9.17) is 14.5 Å². The van der Waals surface area contributed by atoms with Gasteiger partial charge in [-0.2, -0.15) is 0 Å². The molecule has 7 nitrogen and oxygen atoms in total. The number of fused-ring (bicyclic) bond motifs is 1. The summed E-state index contributed by atoms with van der Waals surface area (Å²) in [5.41, 5.74) is 3.40. The van der Waals surface area contributed by atoms with Crippen LogP contribution in [0.5, 0.6) is 5.88 Å². The number of hydrogen-bond acceptors (Lipinski definition) is 6. The lowest BCUT2D eigenvalue weighted by atomic mass is 9.91. The number of benzene rings is 1. The zero-order chi connectivity index (χ0) is 20.2. The third-order valence-electron chi connectivity index (χ3n) is 4.95. The molecular weight excluding hydrogens is 380 g/mol. The molecule has 0 amide bonds. The Morgan fingerprint density at radius 2 is 1.79 bits per heavy atom. The molecule has 1 aliphatic carbocycles. The number of H-pyrrole nitrogens is 1. The van der Waals surface area contributed by atoms with Gasteiger partial charge in [-0.15, -0.1) is 5.10 Å². The summed E-state index contributed by atoms with van der Waals surface area (Å²) in [4.78, 5) is 4.75. The van der Waals surface area contributed by atoms with Crippen molar-refractivity contribution in [2.45, 2.75) is 32.1 Å². The van der Waals surface area contributed by atoms with E-state index in [9.17, 15) is 8.78 Å². The molecule has 3 aromatic rings. The van der Waals surface area contributed by atoms with Crippen LogP contribution in [-0.4, -0.2) is 45.9 Å². The van der Waals surface area contributed by atoms with Gasteiger partial charge in [0.2, 0.25) is 5.88 Å². The molecule has 0 atom stereocenters. The number of aromatic nitrogens is 5. The number of nitrogens with one attached hydrogen (secondary N) is 1. The van der Waals surface area contributed by atoms with E-state index < -0.39 is 11.6 Å². The Labute approximate surface area is 166 Å². The molecule has 0 aliphatic heterocycles. The number of methoxy groups -OCH3 is 1. The van der Waals surface area contributed by atoms with Crippen LogP contribution in [-0.2, 0) is 17.6 Å². The number of aryl methyl sites for hydroxylation is 1. The van der Waals surface area contributed by atoms with Crippen molar-refractivity contribution in [3.8, 4) is 28.4 Å². The van der Waals surface area contributed by atoms with Crippen LogP contribution >= 0.6 is 0 Å². The van der Waals surface area contributed by atoms with E-state index in [2.05, 4.69) is 20.6 Å². The first-order valence-corrected chi connectivity index (χ1v) is 9.55. The highest BCUT2D eigenvalue weighted by Crippen LogP contribution is 2.42. The van der Waals surface area contributed by atoms with Gasteiger partial charge in [-0.25, -0.2) is 18.9 Å². The highest BCUT2D eigenvalue weighted by atomic mass is 19.1. The largest absolute Gasteiger partial charge is 0.475 e. The van der Waals surface area contributed by atoms with Crippen LogP contribution in [0.4, 0.5) is 8.78 Å². The molecule has 1 aromatic carbocycles. The van der Waals surface area contributed by atoms with Crippen LogP contribution in [0.25, 0.3) is 22.5 Å². The van der Waals surface area contributed by atoms with Crippen molar-refractivity contribution in [1.29, 1.82) is 0 Å². The minimum atomic E-state index is -0.650. The Kier molecular flexibility index (Phi) is 5.75. The topological polar surface area (TPSA) is 85.8 Å². The van der Waals surface area contributed by atoms with Crippen molar-refractivity contribution in [3.63, 3.8) is 0 Å². The minimum absolute atomic E-state index is 0.272. The van der Waals surface area contributed by atoms with Gasteiger partial charge in [0.1, 0.15) is 18.2 Å². The summed E-state index contributed by atoms with van der Waals surface area (Å²) in [6.45, 7) is 0.643. The molecule has 1 aliphatic rings. The highest BCUT2D eigenvalue weighted by Gasteiger charge is 2.26. The first-order valence-electron chi connectivity index (χ1n) is 9.55. The van der Waals surface area contributed by atoms with Crippen LogP contribution in [0.2, 0.25) is 0 Å². The number of tetrazole rings is 1. The Morgan fingerprint density at radius 1 is 1.00 bits per heavy atom. The van der Waals surface area contributed by atoms with Crippen LogP contribution in [0.15, 0.2) is 18.2 Å². The summed E-state index contributed by atoms with van der Waals surface area (Å²) in [5, 5.41) is 14.1. The Bertz CT molecular complexity index is 975. The monoisotopic (exact) mass is 401 g/mol. The number of aromatic amines is 1. The lowest BCUT2D eigenvalue weighted by molar-refractivity contribution is 0.144. The predicted molar refractivity (Wildman–Crippen MR) is 101 cm³/mol. The molecule has 4 rings (SSSR count). The number of ether oxygens (including phenoxy) is 2. The second kappa shape index (κ2) is 8.60. The van der Waals surface area contributed by atoms with Crippen LogP contribution in [0, 0.1) is 11.6 Å². The molecule has 29 heavy (non-hydrogen) atoms. The van der Waals surface area contributed by atoms with Crippen molar-refractivity contribution in [3.05, 3.63) is 41.1 Å². The van der Waals surface area contributed by atoms with Crippen molar-refractivity contribution >= 4 is 0 Å². The van der Waals surface area contributed by atoms with Gasteiger partial charge in [0.15, 0.2) is 5.82 Å². The fourth-order valence-corrected chi connectivity index (χ4v) is 3.72. The minimum Gasteiger partial charge on any atom is -0.475 e. The first-order chi connectivity index (χ1) is 14.2. The Hall–Kier alpha value is -2.94. The molecule has 2 aromatic heterocycles. The van der Waals surface area contributed by atoms with E-state index in [0.29, 0.717) is 35.0 Å². The Morgan fingerprint density at radius 3 is 2.52 bits per heavy atom. The zero-order valence-corrected chi connectivity index (χ0v) is 16.0. The molecule has 2 heterocycles. The smallest absolute Gasteiger partial charge is 0.225 e. The van der Waals surface area contributed by atoms with Crippen LogP contribution in [0.3, 0.4) is 0 Å². The maximum atomic E-state index is 14.1. The number of hydrogen-bond donors (Lipinski definition) is 1. The van der Waals surface area contributed by atoms with E-state index >= 15 is 0 Å². The third-order valence-corrected chi connectivity index (χ3v) is 4.95. The summed E-state index contributed by atoms with van der Waals surface area (Å²) in [6.07, 6.45) is 4.56. The van der Waals surface area contributed by atoms with Crippen LogP contribution in [0.1, 0.15) is 30.5 Å². The third kappa shape index (κ3) is 4.09. The summed E-state index contributed by atoms with van der Waals surface area (Å²) in [5.74, 6) is -0.650. The summed E-state index contributed by atoms with van der Waals surface area (Å²) < 4.78 is 39.2. The van der Waals surface area contributed by atoms with E-state index in [1.807, 2.05) is 0 Å². The summed E-state index contributed by atoms with van der Waals surface area (Å²) >= 11 is 0. The SMILES string of the molecule is COCCOc1nc2c(c(-c3cc(F)cc(F)c3)c1-c1nnn[nH]1)CCCCC2. The van der Waals surface area contributed by atoms with E-state index in [0.717, 1.165) is 49.4 Å². The van der Waals surface area contributed by atoms with E-state index in [1.165, 1.54) is 12.1 Å². The van der Waals surface area contributed by atoms with Gasteiger partial charge in [-0.05, 0) is 59.4 Å². The molecular formula is C20H21F2N5O2. The molecule has 0 radical (unpaired) electrons. The van der Waals surface area contributed by atoms with E-state index in [-0.39, 0.29) is 6.61 Å². The lowest BCUT2D eigenvalue weighted by Crippen LogP contribution is -2.11. The van der Waals surface area contributed by atoms with E-state index in [1.54, 1.807) is 7.11 Å². The highest BCUT2D eigenvalue weighted by molar-refractivity contribution is 5.86. The maximum absolute atomic E-state index is 14.1. The molecule has 1 N–H and O–H groups in total. The molecule has 9 heteroatoms. The number of pyridine rings is 1. The lowest BCUT2D eigenvalue weighted by Gasteiger charge is -2.19. The quantitative estimate of drug-likeness (QED) is 0.503. The molecule has 0 bridgehead atoms. The predicted octanol–water partition coefficient (Wildman–Crippen LogP) is 3.50. The molecule has 0 fully saturated rings. The van der Waals surface area contributed by atoms with Gasteiger partial charge in [0.05, 0.1) is 12.2 Å². The fourth-order valence-electron chi connectivity index (χ4n) is 3.72. The summed E-state index contributed by atoms with van der Waals surface area (Å²) in [7, 11) is 1.58. The average Bonchev–Trinajstić information content (AvgIpc) is 3.12. The molecule has 0 unspecified atom stereocenters. The van der Waals surface area contributed by atoms with Crippen LogP contribution < -0.4 is 4.74 Å². The van der Waals surface area contributed by atoms with Crippen molar-refractivity contribution in [2.75, 3.05) is 20.3 Å². The average molecular weight is 401 g/mol. The number of rotatable bonds is 6. The van der Waals surface area contributed by atoms with Crippen molar-refractivity contribution < 1.29 is 18.3 Å². The van der Waals surface area contributed by atoms with Gasteiger partial charge >= 0.3 is 0 Å². The Balaban J connectivity index is 1.99. The van der Waals surface area contributed by atoms with Crippen molar-refractivity contribution in [1.82, 2.24) is 25.6 Å². The standard InChI is InChI=1S/C20H21F2N5O2/c1-28-7-8-29-20-18(19-24-26-27-25-19)17(12-9-13(21)11-14(22)10-12)15-5-3-2-4-6-16(15)23-20/h9-11H,2-8H2,1H3,(H,24,25,26,27). The summed E-state index contributed by atoms with van der Waals surface area (Å²) in [6, 6.07) is 3.49. The molecule has 0 saturated heterocycles. The van der Waals surface area contributed by atoms with Gasteiger partial charge in [0, 0.05) is 24.4 Å².